The number of thiazole rings is 1. The van der Waals surface area contributed by atoms with Gasteiger partial charge < -0.3 is 20.8 Å². The smallest absolute Gasteiger partial charge is 0.363 e. The molecule has 0 unspecified atom stereocenters. The monoisotopic (exact) mass is 562 g/mol. The first-order valence-corrected chi connectivity index (χ1v) is 13.0. The van der Waals surface area contributed by atoms with Crippen molar-refractivity contribution in [1.29, 1.82) is 0 Å². The Kier molecular flexibility index (Phi) is 8.84. The molecule has 3 heterocycles. The first-order valence-electron chi connectivity index (χ1n) is 9.67. The van der Waals surface area contributed by atoms with E-state index in [0.717, 1.165) is 23.1 Å². The van der Waals surface area contributed by atoms with Crippen LogP contribution < -0.4 is 16.0 Å². The molecule has 5 N–H and O–H groups in total. The van der Waals surface area contributed by atoms with Gasteiger partial charge in [-0.15, -0.1) is 33.3 Å². The number of aromatic nitrogens is 5. The largest absolute Gasteiger partial charge is 0.387 e. The number of thioether (sulfide) groups is 1. The summed E-state index contributed by atoms with van der Waals surface area (Å²) in [5, 5.41) is 24.1. The van der Waals surface area contributed by atoms with E-state index >= 15 is 0 Å². The van der Waals surface area contributed by atoms with Crippen molar-refractivity contribution in [2.75, 3.05) is 17.6 Å². The van der Waals surface area contributed by atoms with Crippen molar-refractivity contribution in [1.82, 2.24) is 40.5 Å². The summed E-state index contributed by atoms with van der Waals surface area (Å²) in [7, 11) is -4.91. The van der Waals surface area contributed by atoms with Crippen molar-refractivity contribution in [2.45, 2.75) is 24.9 Å². The molecule has 2 atom stereocenters. The molecule has 0 spiro atoms. The number of β-lactam (4-membered cyclic amide) rings is 1. The molecular formula is C15H18N10O8S3. The zero-order valence-electron chi connectivity index (χ0n) is 18.1. The van der Waals surface area contributed by atoms with Crippen molar-refractivity contribution < 1.29 is 37.0 Å². The molecule has 21 heteroatoms. The SMILES string of the molecule is CC(=O)NCCS[C@@H]1[C@H](NC(=O)C(=NOCc2nn[nH]n2)c2csc(NC=O)n2)C(=O)N1S(=O)(=O)O. The van der Waals surface area contributed by atoms with E-state index in [4.69, 9.17) is 4.84 Å². The van der Waals surface area contributed by atoms with Crippen LogP contribution in [0.2, 0.25) is 0 Å². The third kappa shape index (κ3) is 6.71. The van der Waals surface area contributed by atoms with Gasteiger partial charge in [0.1, 0.15) is 17.1 Å². The van der Waals surface area contributed by atoms with Crippen LogP contribution in [0.4, 0.5) is 5.13 Å². The summed E-state index contributed by atoms with van der Waals surface area (Å²) in [5.41, 5.74) is -0.433. The first kappa shape index (κ1) is 26.9. The second kappa shape index (κ2) is 11.8. The van der Waals surface area contributed by atoms with Gasteiger partial charge in [0.2, 0.25) is 18.1 Å². The maximum absolute atomic E-state index is 13.0. The molecule has 3 rings (SSSR count). The zero-order chi connectivity index (χ0) is 26.3. The molecule has 0 bridgehead atoms. The number of amides is 4. The number of H-pyrrole nitrogens is 1. The molecule has 1 aliphatic heterocycles. The Balaban J connectivity index is 1.77. The minimum atomic E-state index is -4.91. The van der Waals surface area contributed by atoms with Gasteiger partial charge in [-0.25, -0.2) is 4.98 Å². The van der Waals surface area contributed by atoms with Gasteiger partial charge in [-0.2, -0.15) is 17.9 Å². The Morgan fingerprint density at radius 3 is 2.86 bits per heavy atom. The Hall–Kier alpha value is -3.69. The average Bonchev–Trinajstić information content (AvgIpc) is 3.48. The number of hydrogen-bond donors (Lipinski definition) is 5. The lowest BCUT2D eigenvalue weighted by molar-refractivity contribution is -0.141. The number of rotatable bonds is 13. The summed E-state index contributed by atoms with van der Waals surface area (Å²) in [6, 6.07) is -1.37. The second-order valence-electron chi connectivity index (χ2n) is 6.65. The van der Waals surface area contributed by atoms with Crippen LogP contribution >= 0.6 is 23.1 Å². The lowest BCUT2D eigenvalue weighted by atomic mass is 10.1. The Bertz CT molecular complexity index is 1250. The third-order valence-corrected chi connectivity index (χ3v) is 7.26. The van der Waals surface area contributed by atoms with E-state index in [1.807, 2.05) is 0 Å². The first-order chi connectivity index (χ1) is 17.1. The van der Waals surface area contributed by atoms with E-state index in [-0.39, 0.29) is 45.8 Å². The molecule has 1 saturated heterocycles. The predicted molar refractivity (Wildman–Crippen MR) is 123 cm³/mol. The molecule has 1 fully saturated rings. The van der Waals surface area contributed by atoms with Crippen LogP contribution in [0.3, 0.4) is 0 Å². The van der Waals surface area contributed by atoms with Gasteiger partial charge in [0.05, 0.1) is 0 Å². The molecule has 2 aromatic heterocycles. The third-order valence-electron chi connectivity index (χ3n) is 4.18. The molecule has 194 valence electrons. The lowest BCUT2D eigenvalue weighted by Crippen LogP contribution is -2.71. The number of carbonyl (C=O) groups excluding carboxylic acids is 4. The van der Waals surface area contributed by atoms with Gasteiger partial charge in [0.25, 0.3) is 11.8 Å². The maximum Gasteiger partial charge on any atom is 0.363 e. The van der Waals surface area contributed by atoms with Gasteiger partial charge in [-0.3, -0.25) is 23.7 Å². The molecule has 36 heavy (non-hydrogen) atoms. The number of tetrazole rings is 1. The zero-order valence-corrected chi connectivity index (χ0v) is 20.6. The number of nitrogens with one attached hydrogen (secondary N) is 4. The number of carbonyl (C=O) groups is 4. The van der Waals surface area contributed by atoms with Gasteiger partial charge in [-0.1, -0.05) is 10.4 Å². The highest BCUT2D eigenvalue weighted by Gasteiger charge is 2.54. The number of hydrogen-bond acceptors (Lipinski definition) is 14. The summed E-state index contributed by atoms with van der Waals surface area (Å²) >= 11 is 1.88. The molecule has 1 aliphatic rings. The van der Waals surface area contributed by atoms with Gasteiger partial charge in [0, 0.05) is 24.6 Å². The van der Waals surface area contributed by atoms with Gasteiger partial charge >= 0.3 is 10.3 Å². The van der Waals surface area contributed by atoms with Crippen molar-refractivity contribution in [3.63, 3.8) is 0 Å². The fourth-order valence-corrected chi connectivity index (χ4v) is 5.66. The number of anilines is 1. The molecular weight excluding hydrogens is 544 g/mol. The summed E-state index contributed by atoms with van der Waals surface area (Å²) < 4.78 is 32.9. The Labute approximate surface area is 210 Å². The van der Waals surface area contributed by atoms with Crippen molar-refractivity contribution in [2.24, 2.45) is 5.16 Å². The van der Waals surface area contributed by atoms with Crippen LogP contribution in [0, 0.1) is 0 Å². The van der Waals surface area contributed by atoms with Gasteiger partial charge in [0.15, 0.2) is 17.5 Å². The van der Waals surface area contributed by atoms with Crippen molar-refractivity contribution in [3.8, 4) is 0 Å². The standard InChI is InChI=1S/C15H18N10O8S3/c1-7(27)16-2-3-34-14-11(13(29)25(14)36(30,31)32)19-12(28)10(8-5-35-15(18-8)17-6-26)22-33-4-9-20-23-24-21-9/h5-6,11,14H,2-4H2,1H3,(H,16,27)(H,19,28)(H,17,18,26)(H,30,31,32)(H,20,21,23,24)/t11-,14-/m1/s1. The number of aromatic amines is 1. The Morgan fingerprint density at radius 1 is 1.44 bits per heavy atom. The van der Waals surface area contributed by atoms with Crippen LogP contribution in [-0.2, 0) is 40.9 Å². The van der Waals surface area contributed by atoms with E-state index < -0.39 is 39.2 Å². The van der Waals surface area contributed by atoms with Crippen LogP contribution in [0.15, 0.2) is 10.5 Å². The highest BCUT2D eigenvalue weighted by atomic mass is 32.2. The van der Waals surface area contributed by atoms with Crippen LogP contribution in [0.1, 0.15) is 18.4 Å². The van der Waals surface area contributed by atoms with Crippen molar-refractivity contribution in [3.05, 3.63) is 16.9 Å². The molecule has 0 aliphatic carbocycles. The van der Waals surface area contributed by atoms with E-state index in [1.54, 1.807) is 0 Å². The lowest BCUT2D eigenvalue weighted by Gasteiger charge is -2.43. The normalized spacial score (nSPS) is 17.8. The van der Waals surface area contributed by atoms with Crippen LogP contribution in [0.25, 0.3) is 0 Å². The molecule has 0 radical (unpaired) electrons. The molecule has 18 nitrogen and oxygen atoms in total. The van der Waals surface area contributed by atoms with Crippen LogP contribution in [-0.4, -0.2) is 96.4 Å². The summed E-state index contributed by atoms with van der Waals surface area (Å²) in [6.07, 6.45) is 0.381. The minimum Gasteiger partial charge on any atom is -0.387 e. The molecule has 0 aromatic carbocycles. The number of oxime groups is 1. The van der Waals surface area contributed by atoms with E-state index in [2.05, 4.69) is 46.7 Å². The van der Waals surface area contributed by atoms with E-state index in [0.29, 0.717) is 6.41 Å². The predicted octanol–water partition coefficient (Wildman–Crippen LogP) is -2.53. The Morgan fingerprint density at radius 2 is 2.22 bits per heavy atom. The molecule has 0 saturated carbocycles. The topological polar surface area (TPSA) is 251 Å². The quantitative estimate of drug-likeness (QED) is 0.0422. The van der Waals surface area contributed by atoms with Crippen molar-refractivity contribution >= 4 is 68.4 Å². The molecule has 4 amide bonds. The summed E-state index contributed by atoms with van der Waals surface area (Å²) in [5.74, 6) is -2.08. The number of nitrogens with zero attached hydrogens (tertiary/aromatic N) is 6. The summed E-state index contributed by atoms with van der Waals surface area (Å²) in [4.78, 5) is 56.3. The highest BCUT2D eigenvalue weighted by Crippen LogP contribution is 2.32. The maximum atomic E-state index is 13.0. The van der Waals surface area contributed by atoms with Crippen LogP contribution in [0.5, 0.6) is 0 Å². The van der Waals surface area contributed by atoms with E-state index in [1.165, 1.54) is 12.3 Å². The fraction of sp³-hybridized carbons (Fsp3) is 0.400. The summed E-state index contributed by atoms with van der Waals surface area (Å²) in [6.45, 7) is 1.16. The average molecular weight is 563 g/mol. The molecule has 2 aromatic rings. The highest BCUT2D eigenvalue weighted by molar-refractivity contribution is 8.00. The second-order valence-corrected chi connectivity index (χ2v) is 10.0. The minimum absolute atomic E-state index is 0.0248. The fourth-order valence-electron chi connectivity index (χ4n) is 2.70. The van der Waals surface area contributed by atoms with Gasteiger partial charge in [-0.05, 0) is 0 Å². The van der Waals surface area contributed by atoms with E-state index in [9.17, 15) is 32.1 Å².